The topological polar surface area (TPSA) is 67.6 Å². The first kappa shape index (κ1) is 12.1. The third kappa shape index (κ3) is 3.28. The van der Waals surface area contributed by atoms with Gasteiger partial charge in [0.05, 0.1) is 11.8 Å². The fraction of sp³-hybridized carbons (Fsp3) is 0.273. The summed E-state index contributed by atoms with van der Waals surface area (Å²) in [4.78, 5) is 5.25. The molecule has 0 bridgehead atoms. The van der Waals surface area contributed by atoms with Crippen LogP contribution < -0.4 is 5.73 Å². The summed E-state index contributed by atoms with van der Waals surface area (Å²) in [6.07, 6.45) is 0. The predicted molar refractivity (Wildman–Crippen MR) is 64.9 cm³/mol. The zero-order valence-corrected chi connectivity index (χ0v) is 10.2. The molecular weight excluding hydrogens is 239 g/mol. The highest BCUT2D eigenvalue weighted by molar-refractivity contribution is 7.98. The number of nitrogens with two attached hydrogens (primary N) is 1. The Balaban J connectivity index is 1.95. The number of hydrogen-bond donors (Lipinski definition) is 2. The van der Waals surface area contributed by atoms with Crippen LogP contribution in [0, 0.1) is 5.82 Å². The van der Waals surface area contributed by atoms with Gasteiger partial charge < -0.3 is 5.73 Å². The Morgan fingerprint density at radius 2 is 2.12 bits per heavy atom. The van der Waals surface area contributed by atoms with Crippen LogP contribution in [0.4, 0.5) is 4.39 Å². The number of rotatable bonds is 4. The van der Waals surface area contributed by atoms with Crippen molar-refractivity contribution in [3.63, 3.8) is 0 Å². The minimum absolute atomic E-state index is 0.171. The molecule has 1 unspecified atom stereocenters. The number of hydrogen-bond acceptors (Lipinski definition) is 4. The van der Waals surface area contributed by atoms with Crippen molar-refractivity contribution in [3.8, 4) is 0 Å². The number of H-pyrrole nitrogens is 1. The fourth-order valence-electron chi connectivity index (χ4n) is 1.26. The van der Waals surface area contributed by atoms with Gasteiger partial charge in [-0.1, -0.05) is 0 Å². The van der Waals surface area contributed by atoms with Gasteiger partial charge >= 0.3 is 0 Å². The van der Waals surface area contributed by atoms with Crippen LogP contribution in [-0.2, 0) is 5.75 Å². The maximum atomic E-state index is 12.7. The van der Waals surface area contributed by atoms with Crippen LogP contribution in [0.1, 0.15) is 24.6 Å². The molecule has 1 aromatic carbocycles. The van der Waals surface area contributed by atoms with Crippen molar-refractivity contribution in [2.75, 3.05) is 0 Å². The Bertz CT molecular complexity index is 480. The van der Waals surface area contributed by atoms with Crippen LogP contribution in [0.25, 0.3) is 0 Å². The lowest BCUT2D eigenvalue weighted by atomic mass is 10.3. The lowest BCUT2D eigenvalue weighted by Crippen LogP contribution is -2.06. The fourth-order valence-corrected chi connectivity index (χ4v) is 2.02. The Kier molecular flexibility index (Phi) is 3.75. The van der Waals surface area contributed by atoms with Gasteiger partial charge in [-0.3, -0.25) is 5.10 Å². The van der Waals surface area contributed by atoms with Gasteiger partial charge in [0, 0.05) is 4.90 Å². The van der Waals surface area contributed by atoms with E-state index in [2.05, 4.69) is 15.2 Å². The zero-order chi connectivity index (χ0) is 12.3. The summed E-state index contributed by atoms with van der Waals surface area (Å²) in [6.45, 7) is 1.83. The number of benzene rings is 1. The van der Waals surface area contributed by atoms with Crippen LogP contribution in [0.5, 0.6) is 0 Å². The molecule has 4 nitrogen and oxygen atoms in total. The van der Waals surface area contributed by atoms with E-state index < -0.39 is 0 Å². The van der Waals surface area contributed by atoms with Gasteiger partial charge in [0.15, 0.2) is 5.82 Å². The van der Waals surface area contributed by atoms with Gasteiger partial charge in [0.2, 0.25) is 0 Å². The van der Waals surface area contributed by atoms with Crippen LogP contribution >= 0.6 is 11.8 Å². The second kappa shape index (κ2) is 5.29. The molecular formula is C11H13FN4S. The second-order valence-corrected chi connectivity index (χ2v) is 4.72. The van der Waals surface area contributed by atoms with Crippen LogP contribution in [0.3, 0.4) is 0 Å². The van der Waals surface area contributed by atoms with Crippen molar-refractivity contribution in [3.05, 3.63) is 41.7 Å². The number of nitrogens with one attached hydrogen (secondary N) is 1. The van der Waals surface area contributed by atoms with E-state index in [-0.39, 0.29) is 11.9 Å². The average Bonchev–Trinajstić information content (AvgIpc) is 2.77. The summed E-state index contributed by atoms with van der Waals surface area (Å²) < 4.78 is 12.7. The zero-order valence-electron chi connectivity index (χ0n) is 9.35. The van der Waals surface area contributed by atoms with Gasteiger partial charge in [-0.15, -0.1) is 11.8 Å². The predicted octanol–water partition coefficient (Wildman–Crippen LogP) is 2.26. The van der Waals surface area contributed by atoms with Crippen molar-refractivity contribution < 1.29 is 4.39 Å². The van der Waals surface area contributed by atoms with E-state index in [4.69, 9.17) is 5.73 Å². The highest BCUT2D eigenvalue weighted by atomic mass is 32.2. The molecule has 0 aliphatic carbocycles. The lowest BCUT2D eigenvalue weighted by Gasteiger charge is -1.98. The van der Waals surface area contributed by atoms with Crippen molar-refractivity contribution in [1.82, 2.24) is 15.2 Å². The molecule has 0 saturated heterocycles. The summed E-state index contributed by atoms with van der Waals surface area (Å²) in [7, 11) is 0. The Hall–Kier alpha value is -1.40. The number of thioether (sulfide) groups is 1. The van der Waals surface area contributed by atoms with Crippen LogP contribution in [0.2, 0.25) is 0 Å². The number of aromatic nitrogens is 3. The van der Waals surface area contributed by atoms with Crippen molar-refractivity contribution in [2.45, 2.75) is 23.6 Å². The first-order chi connectivity index (χ1) is 8.15. The Labute approximate surface area is 103 Å². The molecule has 2 rings (SSSR count). The van der Waals surface area contributed by atoms with Gasteiger partial charge in [0.1, 0.15) is 11.6 Å². The summed E-state index contributed by atoms with van der Waals surface area (Å²) in [5, 5.41) is 6.84. The minimum atomic E-state index is -0.228. The molecule has 0 amide bonds. The first-order valence-electron chi connectivity index (χ1n) is 5.20. The molecule has 0 radical (unpaired) electrons. The van der Waals surface area contributed by atoms with E-state index in [9.17, 15) is 4.39 Å². The molecule has 90 valence electrons. The highest BCUT2D eigenvalue weighted by Crippen LogP contribution is 2.21. The maximum Gasteiger partial charge on any atom is 0.167 e. The third-order valence-electron chi connectivity index (χ3n) is 2.15. The molecule has 0 aliphatic rings. The van der Waals surface area contributed by atoms with E-state index in [1.807, 2.05) is 6.92 Å². The maximum absolute atomic E-state index is 12.7. The molecule has 0 saturated carbocycles. The molecule has 1 heterocycles. The molecule has 3 N–H and O–H groups in total. The Morgan fingerprint density at radius 3 is 2.71 bits per heavy atom. The first-order valence-corrected chi connectivity index (χ1v) is 6.19. The monoisotopic (exact) mass is 252 g/mol. The quantitative estimate of drug-likeness (QED) is 0.819. The molecule has 0 fully saturated rings. The van der Waals surface area contributed by atoms with Crippen molar-refractivity contribution in [2.24, 2.45) is 5.73 Å². The van der Waals surface area contributed by atoms with E-state index in [1.54, 1.807) is 23.9 Å². The van der Waals surface area contributed by atoms with Gasteiger partial charge in [0.25, 0.3) is 0 Å². The van der Waals surface area contributed by atoms with E-state index >= 15 is 0 Å². The smallest absolute Gasteiger partial charge is 0.167 e. The normalized spacial score (nSPS) is 12.6. The molecule has 0 spiro atoms. The summed E-state index contributed by atoms with van der Waals surface area (Å²) in [5.74, 6) is 1.81. The summed E-state index contributed by atoms with van der Waals surface area (Å²) in [6, 6.07) is 6.19. The van der Waals surface area contributed by atoms with E-state index in [0.29, 0.717) is 11.6 Å². The van der Waals surface area contributed by atoms with Crippen molar-refractivity contribution >= 4 is 11.8 Å². The van der Waals surface area contributed by atoms with E-state index in [1.165, 1.54) is 12.1 Å². The second-order valence-electron chi connectivity index (χ2n) is 3.67. The average molecular weight is 252 g/mol. The van der Waals surface area contributed by atoms with Crippen LogP contribution in [0.15, 0.2) is 29.2 Å². The Morgan fingerprint density at radius 1 is 1.41 bits per heavy atom. The molecule has 2 aromatic rings. The highest BCUT2D eigenvalue weighted by Gasteiger charge is 2.07. The molecule has 6 heteroatoms. The number of halogens is 1. The minimum Gasteiger partial charge on any atom is -0.321 e. The molecule has 1 aromatic heterocycles. The SMILES string of the molecule is CC(N)c1n[nH]c(CSc2ccc(F)cc2)n1. The lowest BCUT2D eigenvalue weighted by molar-refractivity contribution is 0.626. The number of nitrogens with zero attached hydrogens (tertiary/aromatic N) is 2. The third-order valence-corrected chi connectivity index (χ3v) is 3.17. The standard InChI is InChI=1S/C11H13FN4S/c1-7(13)11-14-10(15-16-11)6-17-9-4-2-8(12)3-5-9/h2-5,7H,6,13H2,1H3,(H,14,15,16). The molecule has 17 heavy (non-hydrogen) atoms. The number of aromatic amines is 1. The largest absolute Gasteiger partial charge is 0.321 e. The molecule has 0 aliphatic heterocycles. The van der Waals surface area contributed by atoms with E-state index in [0.717, 1.165) is 10.7 Å². The molecule has 1 atom stereocenters. The van der Waals surface area contributed by atoms with Crippen molar-refractivity contribution in [1.29, 1.82) is 0 Å². The van der Waals surface area contributed by atoms with Gasteiger partial charge in [-0.25, -0.2) is 9.37 Å². The van der Waals surface area contributed by atoms with Crippen LogP contribution in [-0.4, -0.2) is 15.2 Å². The summed E-state index contributed by atoms with van der Waals surface area (Å²) >= 11 is 1.57. The van der Waals surface area contributed by atoms with Gasteiger partial charge in [-0.2, -0.15) is 5.10 Å². The van der Waals surface area contributed by atoms with Gasteiger partial charge in [-0.05, 0) is 31.2 Å². The summed E-state index contributed by atoms with van der Waals surface area (Å²) in [5.41, 5.74) is 5.66.